The minimum absolute atomic E-state index is 0.0853. The summed E-state index contributed by atoms with van der Waals surface area (Å²) in [7, 11) is 0. The first-order valence-electron chi connectivity index (χ1n) is 9.51. The van der Waals surface area contributed by atoms with Crippen LogP contribution in [0.2, 0.25) is 5.02 Å². The second-order valence-corrected chi connectivity index (χ2v) is 7.56. The third kappa shape index (κ3) is 5.21. The number of rotatable bonds is 7. The molecule has 0 aliphatic rings. The van der Waals surface area contributed by atoms with Crippen molar-refractivity contribution in [3.63, 3.8) is 0 Å². The molecule has 7 heteroatoms. The number of amides is 1. The number of carbonyl (C=O) groups is 1. The number of hydrogen-bond donors (Lipinski definition) is 1. The molecule has 0 bridgehead atoms. The molecule has 152 valence electrons. The van der Waals surface area contributed by atoms with Crippen molar-refractivity contribution < 1.29 is 13.7 Å². The maximum absolute atomic E-state index is 13.1. The summed E-state index contributed by atoms with van der Waals surface area (Å²) < 4.78 is 18.5. The Morgan fingerprint density at radius 2 is 1.97 bits per heavy atom. The molecule has 5 nitrogen and oxygen atoms in total. The average Bonchev–Trinajstić information content (AvgIpc) is 3.19. The average molecular weight is 416 g/mol. The van der Waals surface area contributed by atoms with Crippen molar-refractivity contribution in [2.75, 3.05) is 0 Å². The quantitative estimate of drug-likeness (QED) is 0.569. The maximum atomic E-state index is 13.1. The second-order valence-electron chi connectivity index (χ2n) is 7.15. The highest BCUT2D eigenvalue weighted by atomic mass is 35.5. The van der Waals surface area contributed by atoms with Crippen LogP contribution in [0.15, 0.2) is 47.0 Å². The number of aromatic nitrogens is 2. The van der Waals surface area contributed by atoms with E-state index < -0.39 is 6.04 Å². The number of hydrogen-bond acceptors (Lipinski definition) is 4. The van der Waals surface area contributed by atoms with Crippen LogP contribution in [0, 0.1) is 18.7 Å². The van der Waals surface area contributed by atoms with Gasteiger partial charge in [0.15, 0.2) is 0 Å². The number of nitrogens with zero attached hydrogens (tertiary/aromatic N) is 2. The van der Waals surface area contributed by atoms with Crippen LogP contribution in [-0.4, -0.2) is 16.0 Å². The molecule has 1 aromatic heterocycles. The Morgan fingerprint density at radius 1 is 1.24 bits per heavy atom. The first kappa shape index (κ1) is 21.0. The van der Waals surface area contributed by atoms with Gasteiger partial charge < -0.3 is 9.84 Å². The van der Waals surface area contributed by atoms with Crippen LogP contribution in [0.25, 0.3) is 11.4 Å². The Kier molecular flexibility index (Phi) is 6.64. The fourth-order valence-electron chi connectivity index (χ4n) is 2.91. The fourth-order valence-corrected chi connectivity index (χ4v) is 3.09. The normalized spacial score (nSPS) is 13.1. The Bertz CT molecular complexity index is 988. The van der Waals surface area contributed by atoms with Gasteiger partial charge in [-0.3, -0.25) is 4.79 Å². The van der Waals surface area contributed by atoms with Crippen molar-refractivity contribution in [2.45, 2.75) is 39.7 Å². The van der Waals surface area contributed by atoms with Crippen LogP contribution in [-0.2, 0) is 11.2 Å². The summed E-state index contributed by atoms with van der Waals surface area (Å²) in [6.45, 7) is 5.96. The van der Waals surface area contributed by atoms with Gasteiger partial charge in [0.2, 0.25) is 17.6 Å². The van der Waals surface area contributed by atoms with E-state index in [1.54, 1.807) is 18.2 Å². The Balaban J connectivity index is 1.78. The SMILES string of the molecule is CC[C@H](C)[C@H](NC(=O)Cc1ccc(F)cc1)c1nc(-c2ccc(C)c(Cl)c2)no1. The first-order valence-corrected chi connectivity index (χ1v) is 9.89. The van der Waals surface area contributed by atoms with Crippen molar-refractivity contribution in [1.82, 2.24) is 15.5 Å². The molecule has 0 saturated carbocycles. The van der Waals surface area contributed by atoms with Gasteiger partial charge >= 0.3 is 0 Å². The van der Waals surface area contributed by atoms with E-state index in [4.69, 9.17) is 16.1 Å². The third-order valence-electron chi connectivity index (χ3n) is 4.95. The minimum Gasteiger partial charge on any atom is -0.344 e. The molecular formula is C22H23ClFN3O2. The Labute approximate surface area is 174 Å². The summed E-state index contributed by atoms with van der Waals surface area (Å²) in [5.41, 5.74) is 2.44. The molecule has 1 N–H and O–H groups in total. The molecule has 0 fully saturated rings. The van der Waals surface area contributed by atoms with Crippen LogP contribution in [0.1, 0.15) is 43.3 Å². The molecule has 29 heavy (non-hydrogen) atoms. The van der Waals surface area contributed by atoms with Crippen LogP contribution in [0.5, 0.6) is 0 Å². The van der Waals surface area contributed by atoms with E-state index in [1.807, 2.05) is 32.9 Å². The number of aryl methyl sites for hydroxylation is 1. The molecule has 2 atom stereocenters. The molecule has 0 aliphatic carbocycles. The van der Waals surface area contributed by atoms with Gasteiger partial charge in [-0.1, -0.05) is 61.3 Å². The maximum Gasteiger partial charge on any atom is 0.249 e. The second kappa shape index (κ2) is 9.18. The molecule has 1 amide bonds. The zero-order chi connectivity index (χ0) is 21.0. The van der Waals surface area contributed by atoms with E-state index in [0.29, 0.717) is 16.7 Å². The summed E-state index contributed by atoms with van der Waals surface area (Å²) in [5, 5.41) is 7.66. The van der Waals surface area contributed by atoms with Crippen molar-refractivity contribution in [3.8, 4) is 11.4 Å². The lowest BCUT2D eigenvalue weighted by Crippen LogP contribution is -2.33. The molecule has 3 rings (SSSR count). The highest BCUT2D eigenvalue weighted by Gasteiger charge is 2.26. The minimum atomic E-state index is -0.421. The molecule has 0 aliphatic heterocycles. The van der Waals surface area contributed by atoms with Gasteiger partial charge in [0.05, 0.1) is 6.42 Å². The smallest absolute Gasteiger partial charge is 0.249 e. The van der Waals surface area contributed by atoms with E-state index >= 15 is 0 Å². The van der Waals surface area contributed by atoms with Crippen LogP contribution in [0.3, 0.4) is 0 Å². The lowest BCUT2D eigenvalue weighted by Gasteiger charge is -2.20. The largest absolute Gasteiger partial charge is 0.344 e. The summed E-state index contributed by atoms with van der Waals surface area (Å²) in [4.78, 5) is 17.0. The molecule has 3 aromatic rings. The number of halogens is 2. The number of nitrogens with one attached hydrogen (secondary N) is 1. The van der Waals surface area contributed by atoms with E-state index in [2.05, 4.69) is 15.5 Å². The summed E-state index contributed by atoms with van der Waals surface area (Å²) in [5.74, 6) is 0.324. The van der Waals surface area contributed by atoms with Gasteiger partial charge in [-0.15, -0.1) is 0 Å². The van der Waals surface area contributed by atoms with Gasteiger partial charge in [-0.05, 0) is 42.2 Å². The van der Waals surface area contributed by atoms with Crippen LogP contribution >= 0.6 is 11.6 Å². The Hall–Kier alpha value is -2.73. The monoisotopic (exact) mass is 415 g/mol. The van der Waals surface area contributed by atoms with Crippen molar-refractivity contribution in [1.29, 1.82) is 0 Å². The predicted octanol–water partition coefficient (Wildman–Crippen LogP) is 5.28. The topological polar surface area (TPSA) is 68.0 Å². The van der Waals surface area contributed by atoms with Gasteiger partial charge in [-0.2, -0.15) is 4.98 Å². The molecule has 0 saturated heterocycles. The van der Waals surface area contributed by atoms with Gasteiger partial charge in [0, 0.05) is 10.6 Å². The highest BCUT2D eigenvalue weighted by molar-refractivity contribution is 6.31. The van der Waals surface area contributed by atoms with E-state index in [-0.39, 0.29) is 24.1 Å². The van der Waals surface area contributed by atoms with Crippen molar-refractivity contribution >= 4 is 17.5 Å². The molecule has 2 aromatic carbocycles. The van der Waals surface area contributed by atoms with Crippen LogP contribution in [0.4, 0.5) is 4.39 Å². The molecular weight excluding hydrogens is 393 g/mol. The summed E-state index contributed by atoms with van der Waals surface area (Å²) in [6, 6.07) is 11.0. The van der Waals surface area contributed by atoms with E-state index in [1.165, 1.54) is 12.1 Å². The molecule has 0 spiro atoms. The molecule has 0 radical (unpaired) electrons. The first-order chi connectivity index (χ1) is 13.9. The number of carbonyl (C=O) groups excluding carboxylic acids is 1. The lowest BCUT2D eigenvalue weighted by molar-refractivity contribution is -0.121. The summed E-state index contributed by atoms with van der Waals surface area (Å²) >= 11 is 6.19. The van der Waals surface area contributed by atoms with E-state index in [9.17, 15) is 9.18 Å². The van der Waals surface area contributed by atoms with E-state index in [0.717, 1.165) is 23.1 Å². The number of benzene rings is 2. The lowest BCUT2D eigenvalue weighted by atomic mass is 9.98. The van der Waals surface area contributed by atoms with Gasteiger partial charge in [0.1, 0.15) is 11.9 Å². The van der Waals surface area contributed by atoms with Crippen molar-refractivity contribution in [3.05, 3.63) is 70.3 Å². The van der Waals surface area contributed by atoms with Gasteiger partial charge in [0.25, 0.3) is 0 Å². The molecule has 1 heterocycles. The standard InChI is InChI=1S/C22H23ClFN3O2/c1-4-13(2)20(25-19(28)11-15-6-9-17(24)10-7-15)22-26-21(27-29-22)16-8-5-14(3)18(23)12-16/h5-10,12-13,20H,4,11H2,1-3H3,(H,25,28)/t13-,20-/m0/s1. The fraction of sp³-hybridized carbons (Fsp3) is 0.318. The predicted molar refractivity (Wildman–Crippen MR) is 110 cm³/mol. The summed E-state index contributed by atoms with van der Waals surface area (Å²) in [6.07, 6.45) is 0.956. The third-order valence-corrected chi connectivity index (χ3v) is 5.35. The zero-order valence-corrected chi connectivity index (χ0v) is 17.3. The zero-order valence-electron chi connectivity index (χ0n) is 16.6. The van der Waals surface area contributed by atoms with Crippen LogP contribution < -0.4 is 5.32 Å². The highest BCUT2D eigenvalue weighted by Crippen LogP contribution is 2.27. The Morgan fingerprint density at radius 3 is 2.62 bits per heavy atom. The van der Waals surface area contributed by atoms with Crippen molar-refractivity contribution in [2.24, 2.45) is 5.92 Å². The molecule has 0 unspecified atom stereocenters. The van der Waals surface area contributed by atoms with Gasteiger partial charge in [-0.25, -0.2) is 4.39 Å².